The zero-order valence-electron chi connectivity index (χ0n) is 11.1. The van der Waals surface area contributed by atoms with Crippen LogP contribution in [0.4, 0.5) is 0 Å². The van der Waals surface area contributed by atoms with Crippen molar-refractivity contribution in [2.24, 2.45) is 5.92 Å². The smallest absolute Gasteiger partial charge is 0.168 e. The molecule has 1 N–H and O–H groups in total. The molecule has 0 aliphatic heterocycles. The number of aromatic nitrogens is 2. The van der Waals surface area contributed by atoms with Gasteiger partial charge in [0.05, 0.1) is 0 Å². The number of rotatable bonds is 6. The number of nitrogens with zero attached hydrogens (tertiary/aromatic N) is 1. The molecule has 0 fully saturated rings. The largest absolute Gasteiger partial charge is 0.360 e. The third-order valence-corrected chi connectivity index (χ3v) is 3.52. The minimum absolute atomic E-state index is 0.143. The first kappa shape index (κ1) is 12.8. The summed E-state index contributed by atoms with van der Waals surface area (Å²) in [6.45, 7) is 4.25. The van der Waals surface area contributed by atoms with Crippen LogP contribution in [0.15, 0.2) is 24.7 Å². The quantitative estimate of drug-likeness (QED) is 0.782. The lowest BCUT2D eigenvalue weighted by Crippen LogP contribution is -2.13. The Hall–Kier alpha value is -1.64. The number of fused-ring (bicyclic) bond motifs is 1. The van der Waals surface area contributed by atoms with Gasteiger partial charge in [0, 0.05) is 41.0 Å². The highest BCUT2D eigenvalue weighted by molar-refractivity contribution is 6.08. The van der Waals surface area contributed by atoms with Crippen molar-refractivity contribution in [1.29, 1.82) is 0 Å². The molecule has 18 heavy (non-hydrogen) atoms. The van der Waals surface area contributed by atoms with E-state index in [0.29, 0.717) is 0 Å². The Labute approximate surface area is 108 Å². The van der Waals surface area contributed by atoms with Crippen molar-refractivity contribution in [3.8, 4) is 0 Å². The second kappa shape index (κ2) is 5.80. The predicted octanol–water partition coefficient (Wildman–Crippen LogP) is 3.96. The Morgan fingerprint density at radius 1 is 1.44 bits per heavy atom. The summed E-state index contributed by atoms with van der Waals surface area (Å²) >= 11 is 0. The average molecular weight is 244 g/mol. The SMILES string of the molecule is CCCCC(CC)C(=O)c1c[nH]c2ccncc12. The van der Waals surface area contributed by atoms with Crippen molar-refractivity contribution < 1.29 is 4.79 Å². The molecule has 2 aromatic heterocycles. The number of ketones is 1. The maximum atomic E-state index is 12.5. The Morgan fingerprint density at radius 2 is 2.28 bits per heavy atom. The van der Waals surface area contributed by atoms with Crippen LogP contribution in [0.3, 0.4) is 0 Å². The van der Waals surface area contributed by atoms with Crippen LogP contribution >= 0.6 is 0 Å². The van der Waals surface area contributed by atoms with Gasteiger partial charge in [0.1, 0.15) is 0 Å². The molecule has 0 aromatic carbocycles. The van der Waals surface area contributed by atoms with Crippen LogP contribution in [0, 0.1) is 5.92 Å². The molecular formula is C15H20N2O. The van der Waals surface area contributed by atoms with Crippen LogP contribution in [-0.4, -0.2) is 15.8 Å². The fourth-order valence-corrected chi connectivity index (χ4v) is 2.36. The fraction of sp³-hybridized carbons (Fsp3) is 0.467. The molecule has 0 spiro atoms. The number of unbranched alkanes of at least 4 members (excludes halogenated alkanes) is 1. The van der Waals surface area contributed by atoms with E-state index in [9.17, 15) is 4.79 Å². The molecule has 0 aliphatic rings. The highest BCUT2D eigenvalue weighted by Crippen LogP contribution is 2.24. The highest BCUT2D eigenvalue weighted by Gasteiger charge is 2.20. The van der Waals surface area contributed by atoms with Crippen LogP contribution in [0.25, 0.3) is 10.9 Å². The zero-order chi connectivity index (χ0) is 13.0. The van der Waals surface area contributed by atoms with Crippen LogP contribution < -0.4 is 0 Å². The van der Waals surface area contributed by atoms with Gasteiger partial charge in [-0.3, -0.25) is 9.78 Å². The van der Waals surface area contributed by atoms with E-state index in [-0.39, 0.29) is 11.7 Å². The van der Waals surface area contributed by atoms with Crippen LogP contribution in [0.2, 0.25) is 0 Å². The number of H-pyrrole nitrogens is 1. The average Bonchev–Trinajstić information content (AvgIpc) is 2.83. The molecule has 2 rings (SSSR count). The molecule has 1 atom stereocenters. The van der Waals surface area contributed by atoms with Gasteiger partial charge in [-0.1, -0.05) is 26.7 Å². The van der Waals surface area contributed by atoms with Gasteiger partial charge in [0.25, 0.3) is 0 Å². The summed E-state index contributed by atoms with van der Waals surface area (Å²) < 4.78 is 0. The summed E-state index contributed by atoms with van der Waals surface area (Å²) in [5.74, 6) is 0.398. The molecule has 0 bridgehead atoms. The maximum absolute atomic E-state index is 12.5. The van der Waals surface area contributed by atoms with Gasteiger partial charge in [-0.05, 0) is 18.9 Å². The van der Waals surface area contributed by atoms with Crippen molar-refractivity contribution in [3.05, 3.63) is 30.2 Å². The normalized spacial score (nSPS) is 12.8. The summed E-state index contributed by atoms with van der Waals surface area (Å²) in [7, 11) is 0. The van der Waals surface area contributed by atoms with E-state index in [1.54, 1.807) is 12.4 Å². The Balaban J connectivity index is 2.26. The Bertz CT molecular complexity index is 530. The second-order valence-corrected chi connectivity index (χ2v) is 4.74. The van der Waals surface area contributed by atoms with E-state index < -0.39 is 0 Å². The molecule has 0 amide bonds. The van der Waals surface area contributed by atoms with Gasteiger partial charge in [-0.25, -0.2) is 0 Å². The van der Waals surface area contributed by atoms with E-state index in [4.69, 9.17) is 0 Å². The van der Waals surface area contributed by atoms with E-state index in [1.807, 2.05) is 12.3 Å². The molecule has 0 radical (unpaired) electrons. The fourth-order valence-electron chi connectivity index (χ4n) is 2.36. The summed E-state index contributed by atoms with van der Waals surface area (Å²) in [5.41, 5.74) is 1.78. The monoisotopic (exact) mass is 244 g/mol. The highest BCUT2D eigenvalue weighted by atomic mass is 16.1. The number of nitrogens with one attached hydrogen (secondary N) is 1. The minimum atomic E-state index is 0.143. The van der Waals surface area contributed by atoms with Crippen LogP contribution in [0.1, 0.15) is 49.9 Å². The molecule has 2 heterocycles. The molecule has 3 heteroatoms. The molecule has 96 valence electrons. The number of carbonyl (C=O) groups is 1. The number of hydrogen-bond donors (Lipinski definition) is 1. The van der Waals surface area contributed by atoms with Crippen molar-refractivity contribution in [1.82, 2.24) is 9.97 Å². The van der Waals surface area contributed by atoms with Crippen molar-refractivity contribution in [2.75, 3.05) is 0 Å². The van der Waals surface area contributed by atoms with Crippen LogP contribution in [-0.2, 0) is 0 Å². The molecular weight excluding hydrogens is 224 g/mol. The standard InChI is InChI=1S/C15H20N2O/c1-3-5-6-11(4-2)15(18)13-10-17-14-7-8-16-9-12(13)14/h7-11,17H,3-6H2,1-2H3. The first-order chi connectivity index (χ1) is 8.77. The number of pyridine rings is 1. The third-order valence-electron chi connectivity index (χ3n) is 3.52. The molecule has 1 unspecified atom stereocenters. The second-order valence-electron chi connectivity index (χ2n) is 4.74. The topological polar surface area (TPSA) is 45.8 Å². The number of Topliss-reactive ketones (excluding diaryl/α,β-unsaturated/α-hetero) is 1. The van der Waals surface area contributed by atoms with E-state index in [2.05, 4.69) is 23.8 Å². The number of hydrogen-bond acceptors (Lipinski definition) is 2. The summed E-state index contributed by atoms with van der Waals surface area (Å²) in [6.07, 6.45) is 9.48. The minimum Gasteiger partial charge on any atom is -0.360 e. The first-order valence-electron chi connectivity index (χ1n) is 6.73. The Kier molecular flexibility index (Phi) is 4.13. The van der Waals surface area contributed by atoms with Crippen LogP contribution in [0.5, 0.6) is 0 Å². The Morgan fingerprint density at radius 3 is 3.00 bits per heavy atom. The summed E-state index contributed by atoms with van der Waals surface area (Å²) in [5, 5.41) is 0.942. The lowest BCUT2D eigenvalue weighted by atomic mass is 9.91. The molecule has 0 saturated carbocycles. The molecule has 2 aromatic rings. The van der Waals surface area contributed by atoms with E-state index >= 15 is 0 Å². The van der Waals surface area contributed by atoms with Gasteiger partial charge in [-0.15, -0.1) is 0 Å². The predicted molar refractivity (Wildman–Crippen MR) is 73.7 cm³/mol. The third kappa shape index (κ3) is 2.45. The van der Waals surface area contributed by atoms with Crippen molar-refractivity contribution in [2.45, 2.75) is 39.5 Å². The zero-order valence-corrected chi connectivity index (χ0v) is 11.1. The van der Waals surface area contributed by atoms with Gasteiger partial charge >= 0.3 is 0 Å². The lowest BCUT2D eigenvalue weighted by molar-refractivity contribution is 0.0910. The van der Waals surface area contributed by atoms with Crippen molar-refractivity contribution >= 4 is 16.7 Å². The summed E-state index contributed by atoms with van der Waals surface area (Å²) in [4.78, 5) is 19.8. The molecule has 3 nitrogen and oxygen atoms in total. The summed E-state index contributed by atoms with van der Waals surface area (Å²) in [6, 6.07) is 1.90. The van der Waals surface area contributed by atoms with E-state index in [1.165, 1.54) is 0 Å². The van der Waals surface area contributed by atoms with E-state index in [0.717, 1.165) is 42.1 Å². The van der Waals surface area contributed by atoms with Gasteiger partial charge in [-0.2, -0.15) is 0 Å². The van der Waals surface area contributed by atoms with Gasteiger partial charge in [0.2, 0.25) is 0 Å². The molecule has 0 aliphatic carbocycles. The maximum Gasteiger partial charge on any atom is 0.168 e. The van der Waals surface area contributed by atoms with Gasteiger partial charge < -0.3 is 4.98 Å². The number of aromatic amines is 1. The first-order valence-corrected chi connectivity index (χ1v) is 6.73. The van der Waals surface area contributed by atoms with Gasteiger partial charge in [0.15, 0.2) is 5.78 Å². The lowest BCUT2D eigenvalue weighted by Gasteiger charge is -2.12. The van der Waals surface area contributed by atoms with Crippen molar-refractivity contribution in [3.63, 3.8) is 0 Å². The molecule has 0 saturated heterocycles. The number of carbonyl (C=O) groups excluding carboxylic acids is 1.